The predicted octanol–water partition coefficient (Wildman–Crippen LogP) is 1.61. The van der Waals surface area contributed by atoms with E-state index < -0.39 is 0 Å². The molecule has 0 radical (unpaired) electrons. The molecule has 3 N–H and O–H groups in total. The molecule has 1 aromatic carbocycles. The number of hydrogen-bond acceptors (Lipinski definition) is 3. The number of anilines is 1. The van der Waals surface area contributed by atoms with E-state index in [0.29, 0.717) is 12.1 Å². The van der Waals surface area contributed by atoms with Crippen LogP contribution >= 0.6 is 0 Å². The van der Waals surface area contributed by atoms with Gasteiger partial charge in [-0.15, -0.1) is 0 Å². The highest BCUT2D eigenvalue weighted by atomic mass is 16.1. The lowest BCUT2D eigenvalue weighted by molar-refractivity contribution is 0.0934. The maximum absolute atomic E-state index is 12.1. The van der Waals surface area contributed by atoms with E-state index in [2.05, 4.69) is 12.2 Å². The minimum Gasteiger partial charge on any atom is -0.378 e. The molecule has 0 aliphatic carbocycles. The van der Waals surface area contributed by atoms with Gasteiger partial charge < -0.3 is 16.0 Å². The molecule has 0 aromatic heterocycles. The number of carbonyl (C=O) groups is 1. The standard InChI is InChI=1S/C14H23N3O/c1-4-12(8-9-15)16-14(18)11-6-5-7-13(10-11)17(2)3/h5-7,10,12H,4,8-9,15H2,1-3H3,(H,16,18). The Morgan fingerprint density at radius 1 is 1.44 bits per heavy atom. The molecule has 0 aliphatic heterocycles. The summed E-state index contributed by atoms with van der Waals surface area (Å²) in [5, 5.41) is 3.01. The van der Waals surface area contributed by atoms with Crippen LogP contribution in [0.5, 0.6) is 0 Å². The second kappa shape index (κ2) is 7.01. The monoisotopic (exact) mass is 249 g/mol. The number of amides is 1. The molecule has 1 atom stereocenters. The third-order valence-electron chi connectivity index (χ3n) is 2.97. The Kier molecular flexibility index (Phi) is 5.65. The summed E-state index contributed by atoms with van der Waals surface area (Å²) >= 11 is 0. The highest BCUT2D eigenvalue weighted by Gasteiger charge is 2.12. The lowest BCUT2D eigenvalue weighted by Crippen LogP contribution is -2.35. The van der Waals surface area contributed by atoms with Crippen molar-refractivity contribution in [3.8, 4) is 0 Å². The zero-order valence-electron chi connectivity index (χ0n) is 11.4. The third-order valence-corrected chi connectivity index (χ3v) is 2.97. The van der Waals surface area contributed by atoms with Gasteiger partial charge >= 0.3 is 0 Å². The number of nitrogens with one attached hydrogen (secondary N) is 1. The Bertz CT molecular complexity index is 390. The Hall–Kier alpha value is -1.55. The van der Waals surface area contributed by atoms with E-state index in [1.807, 2.05) is 43.3 Å². The highest BCUT2D eigenvalue weighted by molar-refractivity contribution is 5.95. The fourth-order valence-corrected chi connectivity index (χ4v) is 1.77. The van der Waals surface area contributed by atoms with Crippen molar-refractivity contribution in [2.24, 2.45) is 5.73 Å². The second-order valence-corrected chi connectivity index (χ2v) is 4.60. The largest absolute Gasteiger partial charge is 0.378 e. The van der Waals surface area contributed by atoms with Gasteiger partial charge in [0.1, 0.15) is 0 Å². The van der Waals surface area contributed by atoms with Crippen LogP contribution in [0.3, 0.4) is 0 Å². The topological polar surface area (TPSA) is 58.4 Å². The van der Waals surface area contributed by atoms with Crippen LogP contribution in [-0.2, 0) is 0 Å². The predicted molar refractivity (Wildman–Crippen MR) is 76.0 cm³/mol. The van der Waals surface area contributed by atoms with Gasteiger partial charge in [-0.25, -0.2) is 0 Å². The van der Waals surface area contributed by atoms with Crippen molar-refractivity contribution in [2.45, 2.75) is 25.8 Å². The van der Waals surface area contributed by atoms with Gasteiger partial charge in [0, 0.05) is 31.4 Å². The Balaban J connectivity index is 2.74. The average Bonchev–Trinajstić information content (AvgIpc) is 2.38. The van der Waals surface area contributed by atoms with Gasteiger partial charge in [0.15, 0.2) is 0 Å². The van der Waals surface area contributed by atoms with Gasteiger partial charge in [0.2, 0.25) is 0 Å². The van der Waals surface area contributed by atoms with E-state index in [9.17, 15) is 4.79 Å². The molecule has 0 spiro atoms. The quantitative estimate of drug-likeness (QED) is 0.805. The number of benzene rings is 1. The normalized spacial score (nSPS) is 12.0. The minimum atomic E-state index is -0.0287. The van der Waals surface area contributed by atoms with Crippen molar-refractivity contribution >= 4 is 11.6 Å². The number of nitrogens with zero attached hydrogens (tertiary/aromatic N) is 1. The molecule has 1 unspecified atom stereocenters. The van der Waals surface area contributed by atoms with Crippen molar-refractivity contribution in [3.63, 3.8) is 0 Å². The smallest absolute Gasteiger partial charge is 0.251 e. The summed E-state index contributed by atoms with van der Waals surface area (Å²) in [4.78, 5) is 14.1. The molecule has 0 heterocycles. The molecule has 1 aromatic rings. The summed E-state index contributed by atoms with van der Waals surface area (Å²) in [5.74, 6) is -0.0287. The maximum atomic E-state index is 12.1. The molecule has 18 heavy (non-hydrogen) atoms. The Morgan fingerprint density at radius 2 is 2.17 bits per heavy atom. The molecule has 4 nitrogen and oxygen atoms in total. The number of rotatable bonds is 6. The van der Waals surface area contributed by atoms with E-state index in [1.54, 1.807) is 0 Å². The highest BCUT2D eigenvalue weighted by Crippen LogP contribution is 2.13. The first-order valence-corrected chi connectivity index (χ1v) is 6.36. The maximum Gasteiger partial charge on any atom is 0.251 e. The van der Waals surface area contributed by atoms with Crippen molar-refractivity contribution in [1.29, 1.82) is 0 Å². The summed E-state index contributed by atoms with van der Waals surface area (Å²) in [7, 11) is 3.92. The zero-order chi connectivity index (χ0) is 13.5. The summed E-state index contributed by atoms with van der Waals surface area (Å²) in [6.07, 6.45) is 1.71. The van der Waals surface area contributed by atoms with Crippen molar-refractivity contribution in [1.82, 2.24) is 5.32 Å². The summed E-state index contributed by atoms with van der Waals surface area (Å²) in [6, 6.07) is 7.76. The Morgan fingerprint density at radius 3 is 2.72 bits per heavy atom. The molecule has 4 heteroatoms. The lowest BCUT2D eigenvalue weighted by atomic mass is 10.1. The number of carbonyl (C=O) groups excluding carboxylic acids is 1. The van der Waals surface area contributed by atoms with Crippen LogP contribution in [0.25, 0.3) is 0 Å². The molecule has 100 valence electrons. The molecular formula is C14H23N3O. The van der Waals surface area contributed by atoms with Crippen molar-refractivity contribution in [2.75, 3.05) is 25.5 Å². The fraction of sp³-hybridized carbons (Fsp3) is 0.500. The van der Waals surface area contributed by atoms with Crippen LogP contribution in [0.4, 0.5) is 5.69 Å². The van der Waals surface area contributed by atoms with Crippen molar-refractivity contribution in [3.05, 3.63) is 29.8 Å². The van der Waals surface area contributed by atoms with Gasteiger partial charge in [-0.05, 0) is 37.6 Å². The third kappa shape index (κ3) is 4.04. The first-order valence-electron chi connectivity index (χ1n) is 6.36. The van der Waals surface area contributed by atoms with E-state index >= 15 is 0 Å². The molecule has 0 saturated carbocycles. The molecule has 0 saturated heterocycles. The summed E-state index contributed by atoms with van der Waals surface area (Å²) in [6.45, 7) is 2.65. The number of hydrogen-bond donors (Lipinski definition) is 2. The van der Waals surface area contributed by atoms with Gasteiger partial charge in [0.25, 0.3) is 5.91 Å². The van der Waals surface area contributed by atoms with E-state index in [0.717, 1.165) is 18.5 Å². The minimum absolute atomic E-state index is 0.0287. The van der Waals surface area contributed by atoms with Gasteiger partial charge in [-0.2, -0.15) is 0 Å². The van der Waals surface area contributed by atoms with E-state index in [-0.39, 0.29) is 11.9 Å². The first-order chi connectivity index (χ1) is 8.58. The zero-order valence-corrected chi connectivity index (χ0v) is 11.4. The summed E-state index contributed by atoms with van der Waals surface area (Å²) < 4.78 is 0. The summed E-state index contributed by atoms with van der Waals surface area (Å²) in [5.41, 5.74) is 7.24. The van der Waals surface area contributed by atoms with E-state index in [1.165, 1.54) is 0 Å². The van der Waals surface area contributed by atoms with Crippen LogP contribution in [0.1, 0.15) is 30.1 Å². The second-order valence-electron chi connectivity index (χ2n) is 4.60. The van der Waals surface area contributed by atoms with Crippen LogP contribution in [-0.4, -0.2) is 32.6 Å². The van der Waals surface area contributed by atoms with Crippen molar-refractivity contribution < 1.29 is 4.79 Å². The van der Waals surface area contributed by atoms with Crippen LogP contribution in [0.2, 0.25) is 0 Å². The molecule has 0 fully saturated rings. The molecule has 1 rings (SSSR count). The molecule has 1 amide bonds. The lowest BCUT2D eigenvalue weighted by Gasteiger charge is -2.17. The molecular weight excluding hydrogens is 226 g/mol. The Labute approximate surface area is 109 Å². The van der Waals surface area contributed by atoms with Crippen LogP contribution in [0, 0.1) is 0 Å². The van der Waals surface area contributed by atoms with Gasteiger partial charge in [-0.1, -0.05) is 13.0 Å². The van der Waals surface area contributed by atoms with Crippen LogP contribution in [0.15, 0.2) is 24.3 Å². The van der Waals surface area contributed by atoms with E-state index in [4.69, 9.17) is 5.73 Å². The number of nitrogens with two attached hydrogens (primary N) is 1. The SMILES string of the molecule is CCC(CCN)NC(=O)c1cccc(N(C)C)c1. The molecule has 0 aliphatic rings. The van der Waals surface area contributed by atoms with Crippen LogP contribution < -0.4 is 16.0 Å². The first kappa shape index (κ1) is 14.5. The van der Waals surface area contributed by atoms with Gasteiger partial charge in [-0.3, -0.25) is 4.79 Å². The average molecular weight is 249 g/mol. The molecule has 0 bridgehead atoms. The van der Waals surface area contributed by atoms with Gasteiger partial charge in [0.05, 0.1) is 0 Å². The fourth-order valence-electron chi connectivity index (χ4n) is 1.77.